The number of benzene rings is 2. The van der Waals surface area contributed by atoms with Crippen molar-refractivity contribution in [3.8, 4) is 11.5 Å². The largest absolute Gasteiger partial charge is 0.496 e. The molecular weight excluding hydrogens is 262 g/mol. The lowest BCUT2D eigenvalue weighted by Crippen LogP contribution is -2.35. The van der Waals surface area contributed by atoms with Gasteiger partial charge < -0.3 is 15.2 Å². The maximum atomic E-state index is 6.65. The molecule has 2 aromatic rings. The standard InChI is InChI=1S/C18H23NO2/c1-4-13-21-17-12-8-6-10-15(17)18(2,19)14-9-5-7-11-16(14)20-3/h5-12H,4,13,19H2,1-3H3. The highest BCUT2D eigenvalue weighted by Crippen LogP contribution is 2.37. The van der Waals surface area contributed by atoms with Gasteiger partial charge in [0, 0.05) is 11.1 Å². The molecule has 1 atom stereocenters. The molecule has 112 valence electrons. The second-order valence-electron chi connectivity index (χ2n) is 5.25. The van der Waals surface area contributed by atoms with Crippen molar-refractivity contribution in [1.29, 1.82) is 0 Å². The van der Waals surface area contributed by atoms with Crippen LogP contribution in [0.2, 0.25) is 0 Å². The molecule has 0 aliphatic heterocycles. The highest BCUT2D eigenvalue weighted by molar-refractivity contribution is 5.50. The Kier molecular flexibility index (Phi) is 4.86. The molecule has 0 amide bonds. The zero-order chi connectivity index (χ0) is 15.3. The molecule has 0 saturated heterocycles. The third kappa shape index (κ3) is 3.19. The molecule has 0 radical (unpaired) electrons. The van der Waals surface area contributed by atoms with Crippen LogP contribution in [0, 0.1) is 0 Å². The van der Waals surface area contributed by atoms with Crippen LogP contribution in [-0.2, 0) is 5.54 Å². The van der Waals surface area contributed by atoms with E-state index in [-0.39, 0.29) is 0 Å². The van der Waals surface area contributed by atoms with Crippen LogP contribution in [0.1, 0.15) is 31.4 Å². The van der Waals surface area contributed by atoms with Crippen molar-refractivity contribution in [2.24, 2.45) is 5.73 Å². The van der Waals surface area contributed by atoms with E-state index in [1.807, 2.05) is 55.5 Å². The van der Waals surface area contributed by atoms with Gasteiger partial charge in [0.15, 0.2) is 0 Å². The van der Waals surface area contributed by atoms with Crippen molar-refractivity contribution in [1.82, 2.24) is 0 Å². The van der Waals surface area contributed by atoms with Gasteiger partial charge in [0.25, 0.3) is 0 Å². The van der Waals surface area contributed by atoms with E-state index < -0.39 is 5.54 Å². The predicted octanol–water partition coefficient (Wildman–Crippen LogP) is 3.71. The Bertz CT molecular complexity index is 593. The fourth-order valence-corrected chi connectivity index (χ4v) is 2.45. The maximum Gasteiger partial charge on any atom is 0.124 e. The van der Waals surface area contributed by atoms with Crippen molar-refractivity contribution in [3.63, 3.8) is 0 Å². The van der Waals surface area contributed by atoms with E-state index in [9.17, 15) is 0 Å². The number of ether oxygens (including phenoxy) is 2. The van der Waals surface area contributed by atoms with E-state index in [2.05, 4.69) is 6.92 Å². The highest BCUT2D eigenvalue weighted by Gasteiger charge is 2.29. The van der Waals surface area contributed by atoms with Crippen LogP contribution in [0.4, 0.5) is 0 Å². The van der Waals surface area contributed by atoms with Crippen LogP contribution in [0.3, 0.4) is 0 Å². The summed E-state index contributed by atoms with van der Waals surface area (Å²) in [6.07, 6.45) is 0.963. The molecule has 0 fully saturated rings. The van der Waals surface area contributed by atoms with E-state index in [0.717, 1.165) is 29.0 Å². The lowest BCUT2D eigenvalue weighted by atomic mass is 9.84. The first-order valence-electron chi connectivity index (χ1n) is 7.26. The van der Waals surface area contributed by atoms with E-state index in [0.29, 0.717) is 6.61 Å². The van der Waals surface area contributed by atoms with Gasteiger partial charge in [0.05, 0.1) is 19.3 Å². The molecule has 0 aromatic heterocycles. The summed E-state index contributed by atoms with van der Waals surface area (Å²) in [5.74, 6) is 1.61. The number of methoxy groups -OCH3 is 1. The lowest BCUT2D eigenvalue weighted by Gasteiger charge is -2.29. The van der Waals surface area contributed by atoms with Crippen molar-refractivity contribution in [2.45, 2.75) is 25.8 Å². The van der Waals surface area contributed by atoms with Gasteiger partial charge in [-0.1, -0.05) is 43.3 Å². The van der Waals surface area contributed by atoms with Gasteiger partial charge in [0.1, 0.15) is 11.5 Å². The Morgan fingerprint density at radius 2 is 1.48 bits per heavy atom. The Hall–Kier alpha value is -2.00. The SMILES string of the molecule is CCCOc1ccccc1C(C)(N)c1ccccc1OC. The zero-order valence-electron chi connectivity index (χ0n) is 12.9. The Labute approximate surface area is 126 Å². The molecule has 0 spiro atoms. The third-order valence-corrected chi connectivity index (χ3v) is 3.57. The molecule has 3 nitrogen and oxygen atoms in total. The second kappa shape index (κ2) is 6.64. The van der Waals surface area contributed by atoms with Gasteiger partial charge in [-0.3, -0.25) is 0 Å². The topological polar surface area (TPSA) is 44.5 Å². The van der Waals surface area contributed by atoms with Crippen LogP contribution in [-0.4, -0.2) is 13.7 Å². The monoisotopic (exact) mass is 285 g/mol. The molecule has 2 aromatic carbocycles. The third-order valence-electron chi connectivity index (χ3n) is 3.57. The second-order valence-corrected chi connectivity index (χ2v) is 5.25. The van der Waals surface area contributed by atoms with Crippen LogP contribution in [0.5, 0.6) is 11.5 Å². The van der Waals surface area contributed by atoms with E-state index in [4.69, 9.17) is 15.2 Å². The molecular formula is C18H23NO2. The van der Waals surface area contributed by atoms with E-state index in [1.165, 1.54) is 0 Å². The number of rotatable bonds is 6. The Balaban J connectivity index is 2.48. The van der Waals surface area contributed by atoms with Crippen LogP contribution >= 0.6 is 0 Å². The molecule has 0 bridgehead atoms. The molecule has 1 unspecified atom stereocenters. The normalized spacial score (nSPS) is 13.5. The van der Waals surface area contributed by atoms with Crippen LogP contribution in [0.25, 0.3) is 0 Å². The van der Waals surface area contributed by atoms with Crippen molar-refractivity contribution < 1.29 is 9.47 Å². The van der Waals surface area contributed by atoms with Crippen molar-refractivity contribution in [3.05, 3.63) is 59.7 Å². The quantitative estimate of drug-likeness (QED) is 0.880. The van der Waals surface area contributed by atoms with Gasteiger partial charge in [-0.05, 0) is 25.5 Å². The van der Waals surface area contributed by atoms with Crippen molar-refractivity contribution >= 4 is 0 Å². The summed E-state index contributed by atoms with van der Waals surface area (Å²) in [6, 6.07) is 15.8. The fourth-order valence-electron chi connectivity index (χ4n) is 2.45. The molecule has 2 rings (SSSR count). The van der Waals surface area contributed by atoms with Gasteiger partial charge in [-0.15, -0.1) is 0 Å². The first kappa shape index (κ1) is 15.4. The minimum Gasteiger partial charge on any atom is -0.496 e. The van der Waals surface area contributed by atoms with E-state index >= 15 is 0 Å². The summed E-state index contributed by atoms with van der Waals surface area (Å²) in [5, 5.41) is 0. The summed E-state index contributed by atoms with van der Waals surface area (Å²) < 4.78 is 11.3. The summed E-state index contributed by atoms with van der Waals surface area (Å²) in [6.45, 7) is 4.75. The minimum atomic E-state index is -0.684. The van der Waals surface area contributed by atoms with Crippen molar-refractivity contribution in [2.75, 3.05) is 13.7 Å². The smallest absolute Gasteiger partial charge is 0.124 e. The molecule has 0 saturated carbocycles. The maximum absolute atomic E-state index is 6.65. The Morgan fingerprint density at radius 1 is 0.952 bits per heavy atom. The predicted molar refractivity (Wildman–Crippen MR) is 85.9 cm³/mol. The summed E-state index contributed by atoms with van der Waals surface area (Å²) in [7, 11) is 1.66. The van der Waals surface area contributed by atoms with Crippen LogP contribution in [0.15, 0.2) is 48.5 Å². The van der Waals surface area contributed by atoms with Gasteiger partial charge in [0.2, 0.25) is 0 Å². The highest BCUT2D eigenvalue weighted by atomic mass is 16.5. The molecule has 0 aliphatic carbocycles. The fraction of sp³-hybridized carbons (Fsp3) is 0.333. The summed E-state index contributed by atoms with van der Waals surface area (Å²) >= 11 is 0. The first-order valence-corrected chi connectivity index (χ1v) is 7.26. The molecule has 0 aliphatic rings. The summed E-state index contributed by atoms with van der Waals surface area (Å²) in [5.41, 5.74) is 7.87. The van der Waals surface area contributed by atoms with Gasteiger partial charge >= 0.3 is 0 Å². The Morgan fingerprint density at radius 3 is 2.05 bits per heavy atom. The zero-order valence-corrected chi connectivity index (χ0v) is 12.9. The van der Waals surface area contributed by atoms with E-state index in [1.54, 1.807) is 7.11 Å². The number of hydrogen-bond acceptors (Lipinski definition) is 3. The first-order chi connectivity index (χ1) is 10.1. The van der Waals surface area contributed by atoms with Gasteiger partial charge in [-0.2, -0.15) is 0 Å². The summed E-state index contributed by atoms with van der Waals surface area (Å²) in [4.78, 5) is 0. The average Bonchev–Trinajstić information content (AvgIpc) is 2.53. The van der Waals surface area contributed by atoms with Crippen LogP contribution < -0.4 is 15.2 Å². The number of hydrogen-bond donors (Lipinski definition) is 1. The average molecular weight is 285 g/mol. The minimum absolute atomic E-state index is 0.680. The molecule has 0 heterocycles. The molecule has 2 N–H and O–H groups in total. The van der Waals surface area contributed by atoms with Gasteiger partial charge in [-0.25, -0.2) is 0 Å². The number of para-hydroxylation sites is 2. The number of nitrogens with two attached hydrogens (primary N) is 1. The molecule has 3 heteroatoms. The lowest BCUT2D eigenvalue weighted by molar-refractivity contribution is 0.308. The molecule has 21 heavy (non-hydrogen) atoms.